The Labute approximate surface area is 110 Å². The number of pyridine rings is 1. The third kappa shape index (κ3) is 3.07. The van der Waals surface area contributed by atoms with Gasteiger partial charge in [0.15, 0.2) is 0 Å². The molecular weight excluding hydrogens is 245 g/mol. The van der Waals surface area contributed by atoms with Gasteiger partial charge < -0.3 is 11.1 Å². The van der Waals surface area contributed by atoms with Gasteiger partial charge >= 0.3 is 0 Å². The molecule has 0 spiro atoms. The maximum absolute atomic E-state index is 13.3. The van der Waals surface area contributed by atoms with Crippen molar-refractivity contribution in [3.63, 3.8) is 0 Å². The summed E-state index contributed by atoms with van der Waals surface area (Å²) in [7, 11) is 0. The summed E-state index contributed by atoms with van der Waals surface area (Å²) >= 11 is 0. The minimum Gasteiger partial charge on any atom is -0.396 e. The summed E-state index contributed by atoms with van der Waals surface area (Å²) in [5.41, 5.74) is 6.51. The Morgan fingerprint density at radius 2 is 2.21 bits per heavy atom. The number of rotatable bonds is 3. The van der Waals surface area contributed by atoms with Gasteiger partial charge in [-0.3, -0.25) is 9.78 Å². The van der Waals surface area contributed by atoms with Crippen molar-refractivity contribution in [2.75, 3.05) is 5.73 Å². The maximum atomic E-state index is 13.3. The predicted octanol–water partition coefficient (Wildman–Crippen LogP) is 2.29. The van der Waals surface area contributed by atoms with Crippen LogP contribution in [-0.2, 0) is 0 Å². The van der Waals surface area contributed by atoms with Crippen LogP contribution in [0, 0.1) is 5.82 Å². The van der Waals surface area contributed by atoms with Crippen molar-refractivity contribution >= 4 is 11.6 Å². The van der Waals surface area contributed by atoms with Gasteiger partial charge in [-0.25, -0.2) is 4.39 Å². The normalized spacial score (nSPS) is 11.9. The fourth-order valence-electron chi connectivity index (χ4n) is 1.66. The molecule has 0 aliphatic carbocycles. The Morgan fingerprint density at radius 1 is 1.42 bits per heavy atom. The Bertz CT molecular complexity index is 586. The molecular formula is C14H14FN3O. The van der Waals surface area contributed by atoms with Gasteiger partial charge in [-0.2, -0.15) is 0 Å². The topological polar surface area (TPSA) is 68.0 Å². The maximum Gasteiger partial charge on any atom is 0.251 e. The van der Waals surface area contributed by atoms with Crippen LogP contribution < -0.4 is 11.1 Å². The van der Waals surface area contributed by atoms with Gasteiger partial charge in [0.2, 0.25) is 0 Å². The van der Waals surface area contributed by atoms with Gasteiger partial charge in [0.25, 0.3) is 5.91 Å². The molecule has 19 heavy (non-hydrogen) atoms. The van der Waals surface area contributed by atoms with Gasteiger partial charge in [0.05, 0.1) is 11.7 Å². The van der Waals surface area contributed by atoms with Crippen molar-refractivity contribution in [2.24, 2.45) is 0 Å². The zero-order valence-corrected chi connectivity index (χ0v) is 10.4. The fourth-order valence-corrected chi connectivity index (χ4v) is 1.66. The number of nitrogen functional groups attached to an aromatic ring is 1. The summed E-state index contributed by atoms with van der Waals surface area (Å²) in [5.74, 6) is -0.947. The van der Waals surface area contributed by atoms with Crippen molar-refractivity contribution in [3.05, 3.63) is 59.7 Å². The molecule has 1 atom stereocenters. The molecule has 1 amide bonds. The second-order valence-electron chi connectivity index (χ2n) is 4.22. The van der Waals surface area contributed by atoms with Crippen molar-refractivity contribution in [1.29, 1.82) is 0 Å². The molecule has 1 heterocycles. The number of hydrogen-bond donors (Lipinski definition) is 2. The SMILES string of the molecule is C[C@@H](NC(=O)c1ccc(N)c(F)c1)c1cccnc1. The van der Waals surface area contributed by atoms with E-state index in [0.717, 1.165) is 11.6 Å². The van der Waals surface area contributed by atoms with E-state index in [9.17, 15) is 9.18 Å². The standard InChI is InChI=1S/C14H14FN3O/c1-9(11-3-2-6-17-8-11)18-14(19)10-4-5-13(16)12(15)7-10/h2-9H,16H2,1H3,(H,18,19)/t9-/m1/s1. The number of nitrogens with one attached hydrogen (secondary N) is 1. The van der Waals surface area contributed by atoms with E-state index in [1.54, 1.807) is 18.5 Å². The van der Waals surface area contributed by atoms with Crippen LogP contribution in [0.25, 0.3) is 0 Å². The summed E-state index contributed by atoms with van der Waals surface area (Å²) in [4.78, 5) is 15.9. The third-order valence-electron chi connectivity index (χ3n) is 2.79. The van der Waals surface area contributed by atoms with E-state index in [1.165, 1.54) is 12.1 Å². The van der Waals surface area contributed by atoms with E-state index in [1.807, 2.05) is 13.0 Å². The van der Waals surface area contributed by atoms with Crippen LogP contribution >= 0.6 is 0 Å². The number of carbonyl (C=O) groups excluding carboxylic acids is 1. The van der Waals surface area contributed by atoms with Crippen molar-refractivity contribution in [1.82, 2.24) is 10.3 Å². The van der Waals surface area contributed by atoms with Crippen LogP contribution in [-0.4, -0.2) is 10.9 Å². The highest BCUT2D eigenvalue weighted by Crippen LogP contribution is 2.14. The summed E-state index contributed by atoms with van der Waals surface area (Å²) in [6, 6.07) is 7.44. The molecule has 98 valence electrons. The first kappa shape index (κ1) is 13.0. The molecule has 2 rings (SSSR count). The number of hydrogen-bond acceptors (Lipinski definition) is 3. The van der Waals surface area contributed by atoms with E-state index < -0.39 is 5.82 Å². The zero-order valence-electron chi connectivity index (χ0n) is 10.4. The first-order chi connectivity index (χ1) is 9.08. The highest BCUT2D eigenvalue weighted by atomic mass is 19.1. The lowest BCUT2D eigenvalue weighted by Crippen LogP contribution is -2.26. The largest absolute Gasteiger partial charge is 0.396 e. The average molecular weight is 259 g/mol. The lowest BCUT2D eigenvalue weighted by molar-refractivity contribution is 0.0939. The average Bonchev–Trinajstić information content (AvgIpc) is 2.42. The van der Waals surface area contributed by atoms with Gasteiger partial charge in [-0.1, -0.05) is 6.07 Å². The number of amides is 1. The zero-order chi connectivity index (χ0) is 13.8. The molecule has 0 aliphatic rings. The number of benzene rings is 1. The molecule has 1 aromatic carbocycles. The molecule has 1 aromatic heterocycles. The van der Waals surface area contributed by atoms with Crippen molar-refractivity contribution in [3.8, 4) is 0 Å². The van der Waals surface area contributed by atoms with Crippen molar-refractivity contribution < 1.29 is 9.18 Å². The molecule has 0 saturated carbocycles. The molecule has 0 unspecified atom stereocenters. The Kier molecular flexibility index (Phi) is 3.75. The first-order valence-electron chi connectivity index (χ1n) is 5.83. The third-order valence-corrected chi connectivity index (χ3v) is 2.79. The molecule has 5 heteroatoms. The van der Waals surface area contributed by atoms with Crippen LogP contribution in [0.2, 0.25) is 0 Å². The second-order valence-corrected chi connectivity index (χ2v) is 4.22. The number of nitrogens with two attached hydrogens (primary N) is 1. The van der Waals surface area contributed by atoms with E-state index >= 15 is 0 Å². The molecule has 4 nitrogen and oxygen atoms in total. The molecule has 2 aromatic rings. The van der Waals surface area contributed by atoms with Crippen LogP contribution in [0.4, 0.5) is 10.1 Å². The molecule has 3 N–H and O–H groups in total. The van der Waals surface area contributed by atoms with E-state index in [0.29, 0.717) is 0 Å². The number of aromatic nitrogens is 1. The molecule has 0 radical (unpaired) electrons. The molecule has 0 fully saturated rings. The number of halogens is 1. The van der Waals surface area contributed by atoms with E-state index in [2.05, 4.69) is 10.3 Å². The first-order valence-corrected chi connectivity index (χ1v) is 5.83. The van der Waals surface area contributed by atoms with Gasteiger partial charge in [0.1, 0.15) is 5.82 Å². The number of nitrogens with zero attached hydrogens (tertiary/aromatic N) is 1. The van der Waals surface area contributed by atoms with Crippen molar-refractivity contribution in [2.45, 2.75) is 13.0 Å². The summed E-state index contributed by atoms with van der Waals surface area (Å²) < 4.78 is 13.3. The smallest absolute Gasteiger partial charge is 0.251 e. The Morgan fingerprint density at radius 3 is 2.84 bits per heavy atom. The van der Waals surface area contributed by atoms with Gasteiger partial charge in [-0.05, 0) is 36.8 Å². The van der Waals surface area contributed by atoms with E-state index in [4.69, 9.17) is 5.73 Å². The molecule has 0 aliphatic heterocycles. The van der Waals surface area contributed by atoms with Crippen LogP contribution in [0.3, 0.4) is 0 Å². The summed E-state index contributed by atoms with van der Waals surface area (Å²) in [6.45, 7) is 1.84. The highest BCUT2D eigenvalue weighted by molar-refractivity contribution is 5.94. The quantitative estimate of drug-likeness (QED) is 0.831. The second kappa shape index (κ2) is 5.48. The number of anilines is 1. The predicted molar refractivity (Wildman–Crippen MR) is 70.9 cm³/mol. The fraction of sp³-hybridized carbons (Fsp3) is 0.143. The number of carbonyl (C=O) groups is 1. The highest BCUT2D eigenvalue weighted by Gasteiger charge is 2.12. The Balaban J connectivity index is 2.11. The minimum atomic E-state index is -0.596. The van der Waals surface area contributed by atoms with E-state index in [-0.39, 0.29) is 23.2 Å². The van der Waals surface area contributed by atoms with Gasteiger partial charge in [0, 0.05) is 18.0 Å². The van der Waals surface area contributed by atoms with Crippen LogP contribution in [0.5, 0.6) is 0 Å². The summed E-state index contributed by atoms with van der Waals surface area (Å²) in [6.07, 6.45) is 3.34. The van der Waals surface area contributed by atoms with Crippen LogP contribution in [0.1, 0.15) is 28.9 Å². The lowest BCUT2D eigenvalue weighted by Gasteiger charge is -2.14. The minimum absolute atomic E-state index is 0.0249. The lowest BCUT2D eigenvalue weighted by atomic mass is 10.1. The monoisotopic (exact) mass is 259 g/mol. The van der Waals surface area contributed by atoms with Crippen LogP contribution in [0.15, 0.2) is 42.7 Å². The molecule has 0 bridgehead atoms. The summed E-state index contributed by atoms with van der Waals surface area (Å²) in [5, 5.41) is 2.77. The molecule has 0 saturated heterocycles. The Hall–Kier alpha value is -2.43. The van der Waals surface area contributed by atoms with Gasteiger partial charge in [-0.15, -0.1) is 0 Å².